The molecule has 1 aliphatic heterocycles. The smallest absolute Gasteiger partial charge is 0.229 e. The highest BCUT2D eigenvalue weighted by Gasteiger charge is 2.19. The number of nitrogens with one attached hydrogen (secondary N) is 1. The lowest BCUT2D eigenvalue weighted by molar-refractivity contribution is -0.115. The third-order valence-corrected chi connectivity index (χ3v) is 7.45. The lowest BCUT2D eigenvalue weighted by atomic mass is 10.0. The van der Waals surface area contributed by atoms with Gasteiger partial charge in [0.1, 0.15) is 5.82 Å². The fourth-order valence-corrected chi connectivity index (χ4v) is 5.31. The third-order valence-electron chi connectivity index (χ3n) is 6.58. The summed E-state index contributed by atoms with van der Waals surface area (Å²) in [6.45, 7) is 3.64. The molecule has 1 fully saturated rings. The number of anilines is 3. The van der Waals surface area contributed by atoms with Gasteiger partial charge in [-0.3, -0.25) is 14.8 Å². The molecule has 5 aromatic rings. The van der Waals surface area contributed by atoms with Gasteiger partial charge in [0.05, 0.1) is 23.7 Å². The van der Waals surface area contributed by atoms with Crippen LogP contribution in [-0.2, 0) is 11.2 Å². The summed E-state index contributed by atoms with van der Waals surface area (Å²) < 4.78 is 0. The number of fused-ring (bicyclic) bond motifs is 1. The van der Waals surface area contributed by atoms with E-state index in [1.165, 1.54) is 5.69 Å². The molecule has 4 heterocycles. The van der Waals surface area contributed by atoms with E-state index < -0.39 is 0 Å². The van der Waals surface area contributed by atoms with Gasteiger partial charge in [0.15, 0.2) is 0 Å². The number of carbonyl (C=O) groups is 1. The minimum atomic E-state index is -0.00896. The van der Waals surface area contributed by atoms with E-state index >= 15 is 0 Å². The van der Waals surface area contributed by atoms with Crippen molar-refractivity contribution in [3.05, 3.63) is 95.6 Å². The van der Waals surface area contributed by atoms with Crippen molar-refractivity contribution in [2.45, 2.75) is 6.42 Å². The molecular weight excluding hydrogens is 480 g/mol. The Kier molecular flexibility index (Phi) is 6.47. The number of carbonyl (C=O) groups excluding carboxylic acids is 1. The summed E-state index contributed by atoms with van der Waals surface area (Å²) in [6.07, 6.45) is 5.94. The van der Waals surface area contributed by atoms with Crippen molar-refractivity contribution in [3.63, 3.8) is 0 Å². The van der Waals surface area contributed by atoms with E-state index in [1.807, 2.05) is 66.4 Å². The Hall–Kier alpha value is -4.30. The second-order valence-corrected chi connectivity index (χ2v) is 10.0. The van der Waals surface area contributed by atoms with Crippen LogP contribution in [0.3, 0.4) is 0 Å². The van der Waals surface area contributed by atoms with Crippen LogP contribution in [0.5, 0.6) is 0 Å². The molecule has 0 unspecified atom stereocenters. The molecule has 1 N–H and O–H groups in total. The average Bonchev–Trinajstić information content (AvgIpc) is 3.46. The number of benzene rings is 2. The minimum Gasteiger partial charge on any atom is -0.368 e. The standard InChI is InChI=1S/C29H26N6OS/c36-29(19-25-2-1-17-37-25)32-23-6-3-21(4-7-23)22-5-8-26-27(18-22)33-28(20-31-26)35-15-13-34(14-16-35)24-9-11-30-12-10-24/h1-12,17-18,20H,13-16,19H2,(H,32,36). The molecule has 2 aromatic carbocycles. The van der Waals surface area contributed by atoms with Gasteiger partial charge in [-0.25, -0.2) is 4.98 Å². The predicted octanol–water partition coefficient (Wildman–Crippen LogP) is 5.26. The number of thiophene rings is 1. The maximum atomic E-state index is 12.3. The Bertz CT molecular complexity index is 1500. The molecule has 0 aliphatic carbocycles. The summed E-state index contributed by atoms with van der Waals surface area (Å²) in [4.78, 5) is 31.8. The second kappa shape index (κ2) is 10.4. The fourth-order valence-electron chi connectivity index (χ4n) is 4.60. The van der Waals surface area contributed by atoms with Crippen LogP contribution in [0, 0.1) is 0 Å². The molecular formula is C29H26N6OS. The number of aromatic nitrogens is 3. The third kappa shape index (κ3) is 5.29. The largest absolute Gasteiger partial charge is 0.368 e. The first kappa shape index (κ1) is 23.1. The Morgan fingerprint density at radius 3 is 2.38 bits per heavy atom. The van der Waals surface area contributed by atoms with E-state index in [4.69, 9.17) is 4.98 Å². The van der Waals surface area contributed by atoms with Crippen LogP contribution in [0.2, 0.25) is 0 Å². The summed E-state index contributed by atoms with van der Waals surface area (Å²) >= 11 is 1.59. The Morgan fingerprint density at radius 1 is 0.865 bits per heavy atom. The van der Waals surface area contributed by atoms with Gasteiger partial charge in [-0.2, -0.15) is 0 Å². The summed E-state index contributed by atoms with van der Waals surface area (Å²) in [5.74, 6) is 0.896. The molecule has 0 spiro atoms. The van der Waals surface area contributed by atoms with Gasteiger partial charge in [-0.05, 0) is 59.0 Å². The average molecular weight is 507 g/mol. The van der Waals surface area contributed by atoms with Crippen LogP contribution in [0.1, 0.15) is 4.88 Å². The first-order valence-corrected chi connectivity index (χ1v) is 13.2. The van der Waals surface area contributed by atoms with Crippen LogP contribution < -0.4 is 15.1 Å². The maximum absolute atomic E-state index is 12.3. The molecule has 37 heavy (non-hydrogen) atoms. The molecule has 1 amide bonds. The Labute approximate surface area is 219 Å². The molecule has 8 heteroatoms. The van der Waals surface area contributed by atoms with E-state index in [2.05, 4.69) is 49.4 Å². The first-order chi connectivity index (χ1) is 18.2. The Morgan fingerprint density at radius 2 is 1.62 bits per heavy atom. The van der Waals surface area contributed by atoms with Crippen LogP contribution in [0.25, 0.3) is 22.2 Å². The molecule has 0 bridgehead atoms. The summed E-state index contributed by atoms with van der Waals surface area (Å²) in [5.41, 5.74) is 5.88. The maximum Gasteiger partial charge on any atom is 0.229 e. The zero-order valence-electron chi connectivity index (χ0n) is 20.2. The minimum absolute atomic E-state index is 0.00896. The van der Waals surface area contributed by atoms with Gasteiger partial charge in [-0.1, -0.05) is 24.3 Å². The van der Waals surface area contributed by atoms with Crippen molar-refractivity contribution in [1.29, 1.82) is 0 Å². The molecule has 6 rings (SSSR count). The van der Waals surface area contributed by atoms with E-state index in [9.17, 15) is 4.79 Å². The van der Waals surface area contributed by atoms with Gasteiger partial charge in [0.25, 0.3) is 0 Å². The van der Waals surface area contributed by atoms with Crippen molar-refractivity contribution in [2.75, 3.05) is 41.3 Å². The molecule has 3 aromatic heterocycles. The quantitative estimate of drug-likeness (QED) is 0.339. The number of hydrogen-bond acceptors (Lipinski definition) is 7. The van der Waals surface area contributed by atoms with Crippen LogP contribution >= 0.6 is 11.3 Å². The predicted molar refractivity (Wildman–Crippen MR) is 150 cm³/mol. The lowest BCUT2D eigenvalue weighted by Gasteiger charge is -2.36. The van der Waals surface area contributed by atoms with E-state index in [0.29, 0.717) is 6.42 Å². The van der Waals surface area contributed by atoms with Crippen LogP contribution in [-0.4, -0.2) is 47.0 Å². The highest BCUT2D eigenvalue weighted by atomic mass is 32.1. The summed E-state index contributed by atoms with van der Waals surface area (Å²) in [7, 11) is 0. The summed E-state index contributed by atoms with van der Waals surface area (Å²) in [5, 5.41) is 4.96. The van der Waals surface area contributed by atoms with Crippen molar-refractivity contribution < 1.29 is 4.79 Å². The van der Waals surface area contributed by atoms with Gasteiger partial charge in [-0.15, -0.1) is 11.3 Å². The number of nitrogens with zero attached hydrogens (tertiary/aromatic N) is 5. The molecule has 1 saturated heterocycles. The first-order valence-electron chi connectivity index (χ1n) is 12.3. The van der Waals surface area contributed by atoms with Gasteiger partial charge in [0.2, 0.25) is 5.91 Å². The monoisotopic (exact) mass is 506 g/mol. The number of hydrogen-bond donors (Lipinski definition) is 1. The normalized spacial score (nSPS) is 13.6. The molecule has 0 radical (unpaired) electrons. The molecule has 0 atom stereocenters. The number of amides is 1. The SMILES string of the molecule is O=C(Cc1cccs1)Nc1ccc(-c2ccc3ncc(N4CCN(c5ccncc5)CC4)nc3c2)cc1. The van der Waals surface area contributed by atoms with Gasteiger partial charge in [0, 0.05) is 54.8 Å². The van der Waals surface area contributed by atoms with E-state index in [-0.39, 0.29) is 5.91 Å². The fraction of sp³-hybridized carbons (Fsp3) is 0.172. The van der Waals surface area contributed by atoms with Crippen molar-refractivity contribution in [3.8, 4) is 11.1 Å². The zero-order valence-corrected chi connectivity index (χ0v) is 21.1. The summed E-state index contributed by atoms with van der Waals surface area (Å²) in [6, 6.07) is 22.1. The van der Waals surface area contributed by atoms with Gasteiger partial charge < -0.3 is 15.1 Å². The van der Waals surface area contributed by atoms with Crippen LogP contribution in [0.4, 0.5) is 17.2 Å². The highest BCUT2D eigenvalue weighted by molar-refractivity contribution is 7.10. The number of pyridine rings is 1. The van der Waals surface area contributed by atoms with Crippen molar-refractivity contribution >= 4 is 45.5 Å². The molecule has 184 valence electrons. The molecule has 7 nitrogen and oxygen atoms in total. The number of piperazine rings is 1. The number of rotatable bonds is 6. The van der Waals surface area contributed by atoms with Crippen LogP contribution in [0.15, 0.2) is 90.7 Å². The zero-order chi connectivity index (χ0) is 25.0. The molecule has 1 aliphatic rings. The Balaban J connectivity index is 1.14. The van der Waals surface area contributed by atoms with Crippen molar-refractivity contribution in [2.24, 2.45) is 0 Å². The second-order valence-electron chi connectivity index (χ2n) is 8.99. The van der Waals surface area contributed by atoms with E-state index in [1.54, 1.807) is 11.3 Å². The lowest BCUT2D eigenvalue weighted by Crippen LogP contribution is -2.46. The molecule has 0 saturated carbocycles. The van der Waals surface area contributed by atoms with Crippen molar-refractivity contribution in [1.82, 2.24) is 15.0 Å². The highest BCUT2D eigenvalue weighted by Crippen LogP contribution is 2.26. The van der Waals surface area contributed by atoms with E-state index in [0.717, 1.165) is 64.7 Å². The van der Waals surface area contributed by atoms with Gasteiger partial charge >= 0.3 is 0 Å². The topological polar surface area (TPSA) is 74.2 Å².